The summed E-state index contributed by atoms with van der Waals surface area (Å²) in [6.45, 7) is 0. The number of nitrogen functional groups attached to an aromatic ring is 1. The molecule has 2 rings (SSSR count). The van der Waals surface area contributed by atoms with Gasteiger partial charge in [-0.05, 0) is 12.1 Å². The van der Waals surface area contributed by atoms with Gasteiger partial charge in [-0.15, -0.1) is 0 Å². The average molecular weight is 214 g/mol. The zero-order valence-corrected chi connectivity index (χ0v) is 7.97. The fourth-order valence-corrected chi connectivity index (χ4v) is 1.46. The summed E-state index contributed by atoms with van der Waals surface area (Å²) in [6, 6.07) is 3.44. The van der Waals surface area contributed by atoms with Crippen molar-refractivity contribution in [2.45, 2.75) is 0 Å². The molecule has 0 bridgehead atoms. The second-order valence-electron chi connectivity index (χ2n) is 2.53. The molecule has 0 aliphatic heterocycles. The molecule has 0 fully saturated rings. The van der Waals surface area contributed by atoms with E-state index in [0.717, 1.165) is 5.39 Å². The Kier molecular flexibility index (Phi) is 1.98. The van der Waals surface area contributed by atoms with Gasteiger partial charge in [-0.1, -0.05) is 23.2 Å². The molecule has 2 aromatic rings. The Balaban J connectivity index is 2.92. The number of nitrogens with zero attached hydrogens (tertiary/aromatic N) is 2. The average Bonchev–Trinajstić information content (AvgIpc) is 2.12. The van der Waals surface area contributed by atoms with Crippen molar-refractivity contribution in [1.82, 2.24) is 9.97 Å². The molecule has 2 heterocycles. The van der Waals surface area contributed by atoms with Gasteiger partial charge in [0.25, 0.3) is 0 Å². The van der Waals surface area contributed by atoms with Crippen molar-refractivity contribution in [2.75, 3.05) is 5.73 Å². The lowest BCUT2D eigenvalue weighted by atomic mass is 10.2. The highest BCUT2D eigenvalue weighted by Crippen LogP contribution is 2.26. The lowest BCUT2D eigenvalue weighted by Crippen LogP contribution is -1.91. The SMILES string of the molecule is Nc1ccc2c(Cl)cnc(Cl)c2n1. The van der Waals surface area contributed by atoms with Gasteiger partial charge in [0.05, 0.1) is 5.02 Å². The molecule has 2 aromatic heterocycles. The number of nitrogens with two attached hydrogens (primary N) is 1. The molecule has 0 radical (unpaired) electrons. The van der Waals surface area contributed by atoms with E-state index in [1.165, 1.54) is 6.20 Å². The first kappa shape index (κ1) is 8.53. The van der Waals surface area contributed by atoms with Gasteiger partial charge >= 0.3 is 0 Å². The normalized spacial score (nSPS) is 10.6. The molecule has 3 nitrogen and oxygen atoms in total. The Morgan fingerprint density at radius 3 is 2.77 bits per heavy atom. The van der Waals surface area contributed by atoms with Gasteiger partial charge in [-0.3, -0.25) is 0 Å². The number of hydrogen-bond donors (Lipinski definition) is 1. The van der Waals surface area contributed by atoms with Crippen LogP contribution in [0.1, 0.15) is 0 Å². The van der Waals surface area contributed by atoms with E-state index < -0.39 is 0 Å². The summed E-state index contributed by atoms with van der Waals surface area (Å²) in [4.78, 5) is 7.90. The lowest BCUT2D eigenvalue weighted by molar-refractivity contribution is 1.31. The Morgan fingerprint density at radius 1 is 1.23 bits per heavy atom. The van der Waals surface area contributed by atoms with Crippen molar-refractivity contribution in [3.8, 4) is 0 Å². The van der Waals surface area contributed by atoms with Crippen LogP contribution in [0.2, 0.25) is 10.2 Å². The molecule has 5 heteroatoms. The summed E-state index contributed by atoms with van der Waals surface area (Å²) in [7, 11) is 0. The molecule has 0 amide bonds. The van der Waals surface area contributed by atoms with Crippen LogP contribution in [-0.4, -0.2) is 9.97 Å². The van der Waals surface area contributed by atoms with E-state index in [4.69, 9.17) is 28.9 Å². The highest BCUT2D eigenvalue weighted by Gasteiger charge is 2.05. The Morgan fingerprint density at radius 2 is 2.00 bits per heavy atom. The van der Waals surface area contributed by atoms with Crippen molar-refractivity contribution in [2.24, 2.45) is 0 Å². The third-order valence-electron chi connectivity index (χ3n) is 1.66. The van der Waals surface area contributed by atoms with E-state index >= 15 is 0 Å². The van der Waals surface area contributed by atoms with Gasteiger partial charge in [0.15, 0.2) is 5.15 Å². The first-order valence-corrected chi connectivity index (χ1v) is 4.30. The molecule has 13 heavy (non-hydrogen) atoms. The van der Waals surface area contributed by atoms with Crippen LogP contribution in [0.3, 0.4) is 0 Å². The monoisotopic (exact) mass is 213 g/mol. The number of pyridine rings is 2. The predicted molar refractivity (Wildman–Crippen MR) is 54.0 cm³/mol. The van der Waals surface area contributed by atoms with Gasteiger partial charge < -0.3 is 5.73 Å². The number of halogens is 2. The van der Waals surface area contributed by atoms with Crippen molar-refractivity contribution < 1.29 is 0 Å². The van der Waals surface area contributed by atoms with Crippen LogP contribution in [0, 0.1) is 0 Å². The molecule has 0 aliphatic carbocycles. The first-order valence-electron chi connectivity index (χ1n) is 3.55. The van der Waals surface area contributed by atoms with Gasteiger partial charge in [-0.25, -0.2) is 9.97 Å². The van der Waals surface area contributed by atoms with E-state index in [-0.39, 0.29) is 0 Å². The number of anilines is 1. The van der Waals surface area contributed by atoms with Gasteiger partial charge in [0, 0.05) is 11.6 Å². The first-order chi connectivity index (χ1) is 6.18. The van der Waals surface area contributed by atoms with Crippen LogP contribution < -0.4 is 5.73 Å². The molecule has 0 saturated carbocycles. The number of aromatic nitrogens is 2. The van der Waals surface area contributed by atoms with E-state index in [9.17, 15) is 0 Å². The van der Waals surface area contributed by atoms with Gasteiger partial charge in [0.1, 0.15) is 11.3 Å². The van der Waals surface area contributed by atoms with Gasteiger partial charge in [0.2, 0.25) is 0 Å². The maximum absolute atomic E-state index is 5.88. The fraction of sp³-hybridized carbons (Fsp3) is 0. The molecule has 0 unspecified atom stereocenters. The Bertz CT molecular complexity index is 470. The minimum atomic E-state index is 0.312. The highest BCUT2D eigenvalue weighted by atomic mass is 35.5. The third kappa shape index (κ3) is 1.41. The lowest BCUT2D eigenvalue weighted by Gasteiger charge is -2.01. The molecule has 2 N–H and O–H groups in total. The maximum atomic E-state index is 5.88. The molecular weight excluding hydrogens is 209 g/mol. The van der Waals surface area contributed by atoms with E-state index in [1.807, 2.05) is 0 Å². The third-order valence-corrected chi connectivity index (χ3v) is 2.24. The zero-order valence-electron chi connectivity index (χ0n) is 6.46. The van der Waals surface area contributed by atoms with Crippen LogP contribution >= 0.6 is 23.2 Å². The van der Waals surface area contributed by atoms with E-state index in [2.05, 4.69) is 9.97 Å². The quantitative estimate of drug-likeness (QED) is 0.685. The largest absolute Gasteiger partial charge is 0.384 e. The second kappa shape index (κ2) is 3.01. The van der Waals surface area contributed by atoms with Gasteiger partial charge in [-0.2, -0.15) is 0 Å². The standard InChI is InChI=1S/C8H5Cl2N3/c9-5-3-12-8(10)7-4(5)1-2-6(11)13-7/h1-3H,(H2,11,13). The number of rotatable bonds is 0. The van der Waals surface area contributed by atoms with Crippen molar-refractivity contribution >= 4 is 39.9 Å². The van der Waals surface area contributed by atoms with Crippen LogP contribution in [0.5, 0.6) is 0 Å². The Labute approximate surface area is 84.5 Å². The molecule has 0 saturated heterocycles. The molecular formula is C8H5Cl2N3. The maximum Gasteiger partial charge on any atom is 0.155 e. The minimum Gasteiger partial charge on any atom is -0.384 e. The fourth-order valence-electron chi connectivity index (χ4n) is 1.07. The topological polar surface area (TPSA) is 51.8 Å². The van der Waals surface area contributed by atoms with E-state index in [1.54, 1.807) is 12.1 Å². The zero-order chi connectivity index (χ0) is 9.42. The van der Waals surface area contributed by atoms with Crippen LogP contribution in [0.4, 0.5) is 5.82 Å². The summed E-state index contributed by atoms with van der Waals surface area (Å²) in [5.74, 6) is 0.401. The number of hydrogen-bond acceptors (Lipinski definition) is 3. The summed E-state index contributed by atoms with van der Waals surface area (Å²) in [6.07, 6.45) is 1.49. The molecule has 0 atom stereocenters. The van der Waals surface area contributed by atoms with Crippen LogP contribution in [0.25, 0.3) is 10.9 Å². The summed E-state index contributed by atoms with van der Waals surface area (Å²) in [5.41, 5.74) is 6.04. The summed E-state index contributed by atoms with van der Waals surface area (Å²) >= 11 is 11.7. The van der Waals surface area contributed by atoms with Crippen LogP contribution in [0.15, 0.2) is 18.3 Å². The number of fused-ring (bicyclic) bond motifs is 1. The molecule has 0 aromatic carbocycles. The highest BCUT2D eigenvalue weighted by molar-refractivity contribution is 6.38. The molecule has 66 valence electrons. The summed E-state index contributed by atoms with van der Waals surface area (Å²) in [5, 5.41) is 1.59. The van der Waals surface area contributed by atoms with Crippen molar-refractivity contribution in [1.29, 1.82) is 0 Å². The second-order valence-corrected chi connectivity index (χ2v) is 3.29. The van der Waals surface area contributed by atoms with E-state index in [0.29, 0.717) is 21.5 Å². The summed E-state index contributed by atoms with van der Waals surface area (Å²) < 4.78 is 0. The molecule has 0 spiro atoms. The van der Waals surface area contributed by atoms with Crippen molar-refractivity contribution in [3.05, 3.63) is 28.5 Å². The smallest absolute Gasteiger partial charge is 0.155 e. The molecule has 0 aliphatic rings. The Hall–Kier alpha value is -1.06. The predicted octanol–water partition coefficient (Wildman–Crippen LogP) is 2.52. The minimum absolute atomic E-state index is 0.312. The van der Waals surface area contributed by atoms with Crippen molar-refractivity contribution in [3.63, 3.8) is 0 Å². The van der Waals surface area contributed by atoms with Crippen LogP contribution in [-0.2, 0) is 0 Å².